The van der Waals surface area contributed by atoms with Crippen molar-refractivity contribution in [3.8, 4) is 0 Å². The van der Waals surface area contributed by atoms with Gasteiger partial charge in [0.15, 0.2) is 0 Å². The lowest BCUT2D eigenvalue weighted by atomic mass is 10.2. The zero-order valence-electron chi connectivity index (χ0n) is 7.46. The van der Waals surface area contributed by atoms with Crippen LogP contribution in [0, 0.1) is 0 Å². The van der Waals surface area contributed by atoms with E-state index in [1.54, 1.807) is 11.8 Å². The van der Waals surface area contributed by atoms with Crippen LogP contribution in [0.1, 0.15) is 5.56 Å². The number of nitrogens with two attached hydrogens (primary N) is 1. The van der Waals surface area contributed by atoms with Gasteiger partial charge < -0.3 is 5.73 Å². The maximum atomic E-state index is 5.41. The van der Waals surface area contributed by atoms with Gasteiger partial charge in [-0.2, -0.15) is 0 Å². The first kappa shape index (κ1) is 10.8. The first-order chi connectivity index (χ1) is 6.29. The molecule has 1 nitrogen and oxygen atoms in total. The summed E-state index contributed by atoms with van der Waals surface area (Å²) in [4.78, 5) is 1.26. The second kappa shape index (κ2) is 5.47. The van der Waals surface area contributed by atoms with E-state index in [1.165, 1.54) is 10.5 Å². The first-order valence-corrected chi connectivity index (χ1v) is 6.00. The third-order valence-corrected chi connectivity index (χ3v) is 3.14. The smallest absolute Gasteiger partial charge is 0.0258 e. The summed E-state index contributed by atoms with van der Waals surface area (Å²) in [6.45, 7) is 0.579. The van der Waals surface area contributed by atoms with Gasteiger partial charge in [-0.1, -0.05) is 34.1 Å². The minimum atomic E-state index is 0.579. The Bertz CT molecular complexity index is 310. The van der Waals surface area contributed by atoms with Crippen LogP contribution in [-0.4, -0.2) is 12.8 Å². The summed E-state index contributed by atoms with van der Waals surface area (Å²) in [6.07, 6.45) is 6.08. The summed E-state index contributed by atoms with van der Waals surface area (Å²) >= 11 is 5.25. The van der Waals surface area contributed by atoms with E-state index < -0.39 is 0 Å². The summed E-state index contributed by atoms with van der Waals surface area (Å²) in [5, 5.41) is 0. The van der Waals surface area contributed by atoms with E-state index in [2.05, 4.69) is 34.3 Å². The van der Waals surface area contributed by atoms with Gasteiger partial charge in [0.25, 0.3) is 0 Å². The SMILES string of the molecule is CSc1cccc(Br)c1/C=C/CN. The lowest BCUT2D eigenvalue weighted by molar-refractivity contribution is 1.26. The van der Waals surface area contributed by atoms with Crippen LogP contribution < -0.4 is 5.73 Å². The van der Waals surface area contributed by atoms with E-state index in [-0.39, 0.29) is 0 Å². The molecule has 0 atom stereocenters. The highest BCUT2D eigenvalue weighted by atomic mass is 79.9. The number of rotatable bonds is 3. The molecule has 0 aliphatic carbocycles. The zero-order chi connectivity index (χ0) is 9.68. The molecule has 0 bridgehead atoms. The third kappa shape index (κ3) is 2.86. The Labute approximate surface area is 91.5 Å². The van der Waals surface area contributed by atoms with Crippen molar-refractivity contribution < 1.29 is 0 Å². The molecule has 70 valence electrons. The Morgan fingerprint density at radius 3 is 2.92 bits per heavy atom. The standard InChI is InChI=1S/C10H12BrNS/c1-13-10-6-2-5-9(11)8(10)4-3-7-12/h2-6H,7,12H2,1H3/b4-3+. The fraction of sp³-hybridized carbons (Fsp3) is 0.200. The quantitative estimate of drug-likeness (QED) is 0.843. The minimum Gasteiger partial charge on any atom is -0.327 e. The van der Waals surface area contributed by atoms with Crippen molar-refractivity contribution in [3.63, 3.8) is 0 Å². The van der Waals surface area contributed by atoms with Crippen LogP contribution >= 0.6 is 27.7 Å². The highest BCUT2D eigenvalue weighted by Gasteiger charge is 2.00. The largest absolute Gasteiger partial charge is 0.327 e. The van der Waals surface area contributed by atoms with Crippen LogP contribution in [0.15, 0.2) is 33.6 Å². The average molecular weight is 258 g/mol. The van der Waals surface area contributed by atoms with E-state index in [0.717, 1.165) is 4.47 Å². The van der Waals surface area contributed by atoms with Gasteiger partial charge in [-0.15, -0.1) is 11.8 Å². The molecule has 0 amide bonds. The molecule has 1 aromatic carbocycles. The van der Waals surface area contributed by atoms with Gasteiger partial charge in [-0.3, -0.25) is 0 Å². The Balaban J connectivity index is 3.07. The Morgan fingerprint density at radius 1 is 1.54 bits per heavy atom. The van der Waals surface area contributed by atoms with E-state index in [9.17, 15) is 0 Å². The molecule has 0 heterocycles. The Hall–Kier alpha value is -0.250. The van der Waals surface area contributed by atoms with Crippen molar-refractivity contribution >= 4 is 33.8 Å². The molecule has 0 unspecified atom stereocenters. The van der Waals surface area contributed by atoms with Crippen LogP contribution in [0.5, 0.6) is 0 Å². The van der Waals surface area contributed by atoms with Gasteiger partial charge in [0, 0.05) is 21.5 Å². The topological polar surface area (TPSA) is 26.0 Å². The van der Waals surface area contributed by atoms with Crippen molar-refractivity contribution in [2.75, 3.05) is 12.8 Å². The van der Waals surface area contributed by atoms with Gasteiger partial charge in [0.2, 0.25) is 0 Å². The number of halogens is 1. The minimum absolute atomic E-state index is 0.579. The van der Waals surface area contributed by atoms with Crippen LogP contribution in [0.4, 0.5) is 0 Å². The van der Waals surface area contributed by atoms with Crippen LogP contribution in [0.2, 0.25) is 0 Å². The van der Waals surface area contributed by atoms with Crippen molar-refractivity contribution in [3.05, 3.63) is 34.3 Å². The van der Waals surface area contributed by atoms with Gasteiger partial charge in [0.05, 0.1) is 0 Å². The zero-order valence-corrected chi connectivity index (χ0v) is 9.86. The highest BCUT2D eigenvalue weighted by Crippen LogP contribution is 2.28. The number of thioether (sulfide) groups is 1. The third-order valence-electron chi connectivity index (χ3n) is 1.65. The van der Waals surface area contributed by atoms with Crippen LogP contribution in [0.25, 0.3) is 6.08 Å². The summed E-state index contributed by atoms with van der Waals surface area (Å²) in [6, 6.07) is 6.18. The summed E-state index contributed by atoms with van der Waals surface area (Å²) < 4.78 is 1.11. The van der Waals surface area contributed by atoms with Crippen molar-refractivity contribution in [1.82, 2.24) is 0 Å². The molecule has 1 rings (SSSR count). The number of hydrogen-bond donors (Lipinski definition) is 1. The molecule has 0 aromatic heterocycles. The molecule has 0 saturated heterocycles. The number of benzene rings is 1. The van der Waals surface area contributed by atoms with Crippen molar-refractivity contribution in [2.45, 2.75) is 4.90 Å². The lowest BCUT2D eigenvalue weighted by Gasteiger charge is -2.04. The molecule has 0 saturated carbocycles. The molecule has 2 N–H and O–H groups in total. The van der Waals surface area contributed by atoms with Gasteiger partial charge in [-0.25, -0.2) is 0 Å². The molecule has 0 spiro atoms. The van der Waals surface area contributed by atoms with Gasteiger partial charge in [0.1, 0.15) is 0 Å². The van der Waals surface area contributed by atoms with Crippen molar-refractivity contribution in [1.29, 1.82) is 0 Å². The molecule has 1 aromatic rings. The monoisotopic (exact) mass is 257 g/mol. The van der Waals surface area contributed by atoms with Crippen molar-refractivity contribution in [2.24, 2.45) is 5.73 Å². The number of hydrogen-bond acceptors (Lipinski definition) is 2. The summed E-state index contributed by atoms with van der Waals surface area (Å²) in [5.74, 6) is 0. The average Bonchev–Trinajstić information content (AvgIpc) is 2.15. The predicted molar refractivity (Wildman–Crippen MR) is 64.0 cm³/mol. The maximum Gasteiger partial charge on any atom is 0.0258 e. The lowest BCUT2D eigenvalue weighted by Crippen LogP contribution is -1.92. The summed E-state index contributed by atoms with van der Waals surface area (Å²) in [7, 11) is 0. The molecule has 0 fully saturated rings. The van der Waals surface area contributed by atoms with Gasteiger partial charge in [-0.05, 0) is 18.4 Å². The Morgan fingerprint density at radius 2 is 2.31 bits per heavy atom. The molecule has 0 aliphatic heterocycles. The molecular weight excluding hydrogens is 246 g/mol. The molecule has 0 aliphatic rings. The second-order valence-corrected chi connectivity index (χ2v) is 4.20. The molecule has 0 radical (unpaired) electrons. The summed E-state index contributed by atoms with van der Waals surface area (Å²) in [5.41, 5.74) is 6.62. The van der Waals surface area contributed by atoms with E-state index >= 15 is 0 Å². The predicted octanol–water partition coefficient (Wildman–Crippen LogP) is 3.14. The fourth-order valence-electron chi connectivity index (χ4n) is 1.04. The normalized spacial score (nSPS) is 11.0. The first-order valence-electron chi connectivity index (χ1n) is 3.98. The maximum absolute atomic E-state index is 5.41. The molecule has 3 heteroatoms. The van der Waals surface area contributed by atoms with Gasteiger partial charge >= 0.3 is 0 Å². The molecular formula is C10H12BrNS. The van der Waals surface area contributed by atoms with Crippen LogP contribution in [-0.2, 0) is 0 Å². The molecule has 13 heavy (non-hydrogen) atoms. The van der Waals surface area contributed by atoms with E-state index in [4.69, 9.17) is 5.73 Å². The van der Waals surface area contributed by atoms with E-state index in [0.29, 0.717) is 6.54 Å². The highest BCUT2D eigenvalue weighted by molar-refractivity contribution is 9.10. The Kier molecular flexibility index (Phi) is 4.56. The van der Waals surface area contributed by atoms with E-state index in [1.807, 2.05) is 18.2 Å². The van der Waals surface area contributed by atoms with Crippen LogP contribution in [0.3, 0.4) is 0 Å². The second-order valence-electron chi connectivity index (χ2n) is 2.49. The fourth-order valence-corrected chi connectivity index (χ4v) is 2.29.